The maximum atomic E-state index is 12.8. The molecule has 10 heteroatoms. The lowest BCUT2D eigenvalue weighted by Gasteiger charge is -2.36. The normalized spacial score (nSPS) is 14.8. The van der Waals surface area contributed by atoms with Crippen LogP contribution in [0.5, 0.6) is 5.75 Å². The van der Waals surface area contributed by atoms with E-state index in [1.165, 1.54) is 17.0 Å². The van der Waals surface area contributed by atoms with Gasteiger partial charge in [0.25, 0.3) is 11.6 Å². The number of benzene rings is 2. The Labute approximate surface area is 157 Å². The molecule has 28 heavy (non-hydrogen) atoms. The van der Waals surface area contributed by atoms with E-state index in [2.05, 4.69) is 0 Å². The number of nitrogens with zero attached hydrogens (tertiary/aromatic N) is 3. The Morgan fingerprint density at radius 3 is 2.29 bits per heavy atom. The summed E-state index contributed by atoms with van der Waals surface area (Å²) in [6.45, 7) is 0.855. The number of alkyl halides is 3. The number of hydrogen-bond acceptors (Lipinski definition) is 5. The SMILES string of the molecule is O=C(c1ccccc1O)N1CCN(c2ccc(C(F)(F)F)cc2[N+](=O)[O-])CC1. The Balaban J connectivity index is 1.77. The van der Waals surface area contributed by atoms with E-state index >= 15 is 0 Å². The molecule has 1 aliphatic rings. The van der Waals surface area contributed by atoms with Gasteiger partial charge >= 0.3 is 6.18 Å². The van der Waals surface area contributed by atoms with Crippen molar-refractivity contribution in [2.75, 3.05) is 31.1 Å². The number of rotatable bonds is 3. The van der Waals surface area contributed by atoms with Crippen LogP contribution in [0.25, 0.3) is 0 Å². The lowest BCUT2D eigenvalue weighted by molar-refractivity contribution is -0.384. The number of phenols is 1. The number of amides is 1. The third-order valence-corrected chi connectivity index (χ3v) is 4.54. The van der Waals surface area contributed by atoms with E-state index in [4.69, 9.17) is 0 Å². The second-order valence-corrected chi connectivity index (χ2v) is 6.25. The van der Waals surface area contributed by atoms with Crippen LogP contribution in [-0.2, 0) is 6.18 Å². The van der Waals surface area contributed by atoms with Gasteiger partial charge < -0.3 is 14.9 Å². The summed E-state index contributed by atoms with van der Waals surface area (Å²) in [6, 6.07) is 8.51. The first-order valence-electron chi connectivity index (χ1n) is 8.36. The van der Waals surface area contributed by atoms with Crippen LogP contribution in [0, 0.1) is 10.1 Å². The summed E-state index contributed by atoms with van der Waals surface area (Å²) in [7, 11) is 0. The van der Waals surface area contributed by atoms with Gasteiger partial charge in [-0.1, -0.05) is 12.1 Å². The molecule has 148 valence electrons. The average Bonchev–Trinajstić information content (AvgIpc) is 2.67. The Bertz CT molecular complexity index is 909. The molecule has 2 aromatic carbocycles. The van der Waals surface area contributed by atoms with Gasteiger partial charge in [-0.3, -0.25) is 14.9 Å². The van der Waals surface area contributed by atoms with E-state index in [9.17, 15) is 33.2 Å². The number of carbonyl (C=O) groups is 1. The summed E-state index contributed by atoms with van der Waals surface area (Å²) in [5.74, 6) is -0.520. The van der Waals surface area contributed by atoms with Crippen molar-refractivity contribution in [2.24, 2.45) is 0 Å². The monoisotopic (exact) mass is 395 g/mol. The second kappa shape index (κ2) is 7.37. The first-order valence-corrected chi connectivity index (χ1v) is 8.36. The second-order valence-electron chi connectivity index (χ2n) is 6.25. The highest BCUT2D eigenvalue weighted by molar-refractivity contribution is 5.97. The summed E-state index contributed by atoms with van der Waals surface area (Å²) in [6.07, 6.45) is -4.67. The van der Waals surface area contributed by atoms with Gasteiger partial charge in [0.15, 0.2) is 0 Å². The quantitative estimate of drug-likeness (QED) is 0.637. The number of carbonyl (C=O) groups excluding carboxylic acids is 1. The van der Waals surface area contributed by atoms with E-state index < -0.39 is 22.4 Å². The van der Waals surface area contributed by atoms with Gasteiger partial charge in [-0.2, -0.15) is 13.2 Å². The van der Waals surface area contributed by atoms with E-state index in [0.29, 0.717) is 6.07 Å². The van der Waals surface area contributed by atoms with Crippen LogP contribution in [-0.4, -0.2) is 47.0 Å². The van der Waals surface area contributed by atoms with Crippen LogP contribution in [0.4, 0.5) is 24.5 Å². The molecule has 0 bridgehead atoms. The zero-order valence-corrected chi connectivity index (χ0v) is 14.5. The smallest absolute Gasteiger partial charge is 0.416 e. The van der Waals surface area contributed by atoms with Crippen molar-refractivity contribution in [3.8, 4) is 5.75 Å². The molecule has 0 unspecified atom stereocenters. The number of hydrogen-bond donors (Lipinski definition) is 1. The number of piperazine rings is 1. The van der Waals surface area contributed by atoms with Crippen molar-refractivity contribution in [1.82, 2.24) is 4.90 Å². The van der Waals surface area contributed by atoms with Crippen LogP contribution in [0.3, 0.4) is 0 Å². The number of halogens is 3. The number of para-hydroxylation sites is 1. The molecule has 0 atom stereocenters. The summed E-state index contributed by atoms with van der Waals surface area (Å²) < 4.78 is 38.5. The number of aromatic hydroxyl groups is 1. The molecular weight excluding hydrogens is 379 g/mol. The molecule has 1 saturated heterocycles. The van der Waals surface area contributed by atoms with Gasteiger partial charge in [0, 0.05) is 32.2 Å². The maximum Gasteiger partial charge on any atom is 0.416 e. The van der Waals surface area contributed by atoms with Crippen molar-refractivity contribution in [2.45, 2.75) is 6.18 Å². The van der Waals surface area contributed by atoms with Gasteiger partial charge in [0.05, 0.1) is 16.1 Å². The molecule has 7 nitrogen and oxygen atoms in total. The Kier molecular flexibility index (Phi) is 5.12. The zero-order valence-electron chi connectivity index (χ0n) is 14.5. The molecule has 1 N–H and O–H groups in total. The highest BCUT2D eigenvalue weighted by atomic mass is 19.4. The minimum atomic E-state index is -4.67. The van der Waals surface area contributed by atoms with E-state index in [-0.39, 0.29) is 49.1 Å². The fraction of sp³-hybridized carbons (Fsp3) is 0.278. The minimum absolute atomic E-state index is 0.0765. The van der Waals surface area contributed by atoms with E-state index in [0.717, 1.165) is 12.1 Å². The van der Waals surface area contributed by atoms with Crippen LogP contribution in [0.2, 0.25) is 0 Å². The summed E-state index contributed by atoms with van der Waals surface area (Å²) in [5.41, 5.74) is -1.49. The van der Waals surface area contributed by atoms with Gasteiger partial charge in [0.1, 0.15) is 11.4 Å². The highest BCUT2D eigenvalue weighted by Gasteiger charge is 2.34. The number of nitro groups is 1. The molecule has 1 heterocycles. The molecule has 1 aliphatic heterocycles. The first kappa shape index (κ1) is 19.5. The third-order valence-electron chi connectivity index (χ3n) is 4.54. The van der Waals surface area contributed by atoms with E-state index in [1.54, 1.807) is 17.0 Å². The lowest BCUT2D eigenvalue weighted by Crippen LogP contribution is -2.49. The van der Waals surface area contributed by atoms with Crippen LogP contribution < -0.4 is 4.90 Å². The fourth-order valence-electron chi connectivity index (χ4n) is 3.09. The Hall–Kier alpha value is -3.30. The van der Waals surface area contributed by atoms with Crippen molar-refractivity contribution >= 4 is 17.3 Å². The summed E-state index contributed by atoms with van der Waals surface area (Å²) in [5, 5.41) is 21.1. The van der Waals surface area contributed by atoms with Gasteiger partial charge in [-0.25, -0.2) is 0 Å². The average molecular weight is 395 g/mol. The first-order chi connectivity index (χ1) is 13.2. The molecular formula is C18H16F3N3O4. The predicted octanol–water partition coefficient (Wildman–Crippen LogP) is 3.28. The summed E-state index contributed by atoms with van der Waals surface area (Å²) in [4.78, 5) is 26.0. The molecule has 0 saturated carbocycles. The van der Waals surface area contributed by atoms with Gasteiger partial charge in [-0.05, 0) is 24.3 Å². The van der Waals surface area contributed by atoms with Crippen molar-refractivity contribution in [3.05, 3.63) is 63.7 Å². The van der Waals surface area contributed by atoms with Crippen molar-refractivity contribution in [1.29, 1.82) is 0 Å². The van der Waals surface area contributed by atoms with E-state index in [1.807, 2.05) is 0 Å². The standard InChI is InChI=1S/C18H16F3N3O4/c19-18(20,21)12-5-6-14(15(11-12)24(27)28)22-7-9-23(10-8-22)17(26)13-3-1-2-4-16(13)25/h1-6,11,25H,7-10H2. The lowest BCUT2D eigenvalue weighted by atomic mass is 10.1. The van der Waals surface area contributed by atoms with Crippen LogP contribution in [0.15, 0.2) is 42.5 Å². The predicted molar refractivity (Wildman–Crippen MR) is 94.3 cm³/mol. The third kappa shape index (κ3) is 3.85. The van der Waals surface area contributed by atoms with Gasteiger partial charge in [-0.15, -0.1) is 0 Å². The molecule has 0 radical (unpaired) electrons. The molecule has 0 aliphatic carbocycles. The summed E-state index contributed by atoms with van der Waals surface area (Å²) >= 11 is 0. The number of anilines is 1. The topological polar surface area (TPSA) is 86.9 Å². The van der Waals surface area contributed by atoms with Gasteiger partial charge in [0.2, 0.25) is 0 Å². The van der Waals surface area contributed by atoms with Crippen LogP contribution in [0.1, 0.15) is 15.9 Å². The largest absolute Gasteiger partial charge is 0.507 e. The maximum absolute atomic E-state index is 12.8. The molecule has 3 rings (SSSR count). The van der Waals surface area contributed by atoms with Crippen molar-refractivity contribution in [3.63, 3.8) is 0 Å². The molecule has 0 spiro atoms. The Morgan fingerprint density at radius 2 is 1.71 bits per heavy atom. The molecule has 0 aromatic heterocycles. The molecule has 2 aromatic rings. The Morgan fingerprint density at radius 1 is 1.07 bits per heavy atom. The van der Waals surface area contributed by atoms with Crippen LogP contribution >= 0.6 is 0 Å². The van der Waals surface area contributed by atoms with Crippen molar-refractivity contribution < 1.29 is 28.0 Å². The molecule has 1 amide bonds. The number of phenolic OH excluding ortho intramolecular Hbond substituents is 1. The molecule has 1 fully saturated rings. The number of nitro benzene ring substituents is 1. The zero-order chi connectivity index (χ0) is 20.5. The highest BCUT2D eigenvalue weighted by Crippen LogP contribution is 2.36. The fourth-order valence-corrected chi connectivity index (χ4v) is 3.09. The minimum Gasteiger partial charge on any atom is -0.507 e.